The zero-order valence-electron chi connectivity index (χ0n) is 8.75. The summed E-state index contributed by atoms with van der Waals surface area (Å²) in [5.74, 6) is -0.241. The Morgan fingerprint density at radius 1 is 1.57 bits per heavy atom. The Labute approximate surface area is 84.6 Å². The van der Waals surface area contributed by atoms with Crippen LogP contribution in [0.4, 0.5) is 0 Å². The van der Waals surface area contributed by atoms with Gasteiger partial charge < -0.3 is 10.5 Å². The molecule has 0 fully saturated rings. The van der Waals surface area contributed by atoms with E-state index < -0.39 is 0 Å². The van der Waals surface area contributed by atoms with E-state index in [4.69, 9.17) is 10.5 Å². The quantitative estimate of drug-likeness (QED) is 0.695. The molecule has 0 saturated carbocycles. The second-order valence-electron chi connectivity index (χ2n) is 3.32. The minimum absolute atomic E-state index is 0.0237. The molecule has 0 heterocycles. The summed E-state index contributed by atoms with van der Waals surface area (Å²) in [5.41, 5.74) is 7.77. The van der Waals surface area contributed by atoms with Gasteiger partial charge in [0.05, 0.1) is 6.61 Å². The second kappa shape index (κ2) is 4.96. The summed E-state index contributed by atoms with van der Waals surface area (Å²) < 4.78 is 4.91. The summed E-state index contributed by atoms with van der Waals surface area (Å²) in [5, 5.41) is 0. The highest BCUT2D eigenvalue weighted by molar-refractivity contribution is 5.89. The van der Waals surface area contributed by atoms with E-state index in [-0.39, 0.29) is 12.0 Å². The van der Waals surface area contributed by atoms with Crippen LogP contribution in [-0.2, 0) is 9.53 Å². The van der Waals surface area contributed by atoms with E-state index >= 15 is 0 Å². The Morgan fingerprint density at radius 3 is 2.79 bits per heavy atom. The molecular weight excluding hydrogens is 178 g/mol. The van der Waals surface area contributed by atoms with Crippen molar-refractivity contribution in [3.63, 3.8) is 0 Å². The van der Waals surface area contributed by atoms with E-state index in [1.165, 1.54) is 5.57 Å². The maximum atomic E-state index is 11.4. The highest BCUT2D eigenvalue weighted by Crippen LogP contribution is 2.20. The average molecular weight is 195 g/mol. The Morgan fingerprint density at radius 2 is 2.29 bits per heavy atom. The first kappa shape index (κ1) is 11.0. The molecule has 0 aromatic rings. The number of nitrogens with two attached hydrogens (primary N) is 1. The van der Waals surface area contributed by atoms with Gasteiger partial charge in [-0.1, -0.05) is 24.6 Å². The third-order valence-electron chi connectivity index (χ3n) is 2.36. The van der Waals surface area contributed by atoms with Crippen LogP contribution in [0.1, 0.15) is 26.7 Å². The number of hydrogen-bond donors (Lipinski definition) is 1. The summed E-state index contributed by atoms with van der Waals surface area (Å²) in [4.78, 5) is 11.4. The summed E-state index contributed by atoms with van der Waals surface area (Å²) in [6, 6.07) is -0.0237. The van der Waals surface area contributed by atoms with Gasteiger partial charge in [-0.15, -0.1) is 0 Å². The first-order valence-electron chi connectivity index (χ1n) is 5.01. The predicted molar refractivity (Wildman–Crippen MR) is 55.7 cm³/mol. The van der Waals surface area contributed by atoms with Crippen molar-refractivity contribution in [3.05, 3.63) is 23.3 Å². The highest BCUT2D eigenvalue weighted by Gasteiger charge is 2.19. The lowest BCUT2D eigenvalue weighted by Gasteiger charge is -2.19. The summed E-state index contributed by atoms with van der Waals surface area (Å²) in [7, 11) is 0. The maximum absolute atomic E-state index is 11.4. The number of allylic oxidation sites excluding steroid dienone is 2. The fourth-order valence-corrected chi connectivity index (χ4v) is 1.52. The van der Waals surface area contributed by atoms with Crippen molar-refractivity contribution < 1.29 is 9.53 Å². The Kier molecular flexibility index (Phi) is 3.89. The number of hydrogen-bond acceptors (Lipinski definition) is 3. The number of esters is 1. The van der Waals surface area contributed by atoms with Crippen molar-refractivity contribution in [2.75, 3.05) is 6.61 Å². The predicted octanol–water partition coefficient (Wildman–Crippen LogP) is 1.54. The zero-order valence-corrected chi connectivity index (χ0v) is 8.75. The van der Waals surface area contributed by atoms with E-state index in [0.29, 0.717) is 18.6 Å². The Hall–Kier alpha value is -1.09. The topological polar surface area (TPSA) is 52.3 Å². The van der Waals surface area contributed by atoms with Crippen LogP contribution in [0, 0.1) is 0 Å². The number of carbonyl (C=O) groups is 1. The van der Waals surface area contributed by atoms with E-state index in [2.05, 4.69) is 6.92 Å². The summed E-state index contributed by atoms with van der Waals surface area (Å²) in [6.07, 6.45) is 5.28. The van der Waals surface area contributed by atoms with Gasteiger partial charge in [0.25, 0.3) is 0 Å². The number of carbonyl (C=O) groups excluding carboxylic acids is 1. The standard InChI is InChI=1S/C11H17NO2/c1-3-8-5-6-9(7-10(8)12)11(13)14-4-2/h5-6,10H,3-4,7,12H2,1-2H3. The molecule has 1 aliphatic rings. The summed E-state index contributed by atoms with van der Waals surface area (Å²) in [6.45, 7) is 4.28. The molecule has 0 saturated heterocycles. The van der Waals surface area contributed by atoms with Crippen molar-refractivity contribution >= 4 is 5.97 Å². The van der Waals surface area contributed by atoms with Gasteiger partial charge in [0, 0.05) is 11.6 Å². The monoisotopic (exact) mass is 195 g/mol. The number of ether oxygens (including phenoxy) is 1. The lowest BCUT2D eigenvalue weighted by Crippen LogP contribution is -2.27. The average Bonchev–Trinajstić information content (AvgIpc) is 2.18. The van der Waals surface area contributed by atoms with E-state index in [9.17, 15) is 4.79 Å². The molecule has 3 nitrogen and oxygen atoms in total. The molecule has 1 atom stereocenters. The molecule has 14 heavy (non-hydrogen) atoms. The van der Waals surface area contributed by atoms with Crippen molar-refractivity contribution in [1.29, 1.82) is 0 Å². The smallest absolute Gasteiger partial charge is 0.334 e. The van der Waals surface area contributed by atoms with Gasteiger partial charge in [-0.05, 0) is 19.8 Å². The molecule has 0 aliphatic heterocycles. The molecule has 78 valence electrons. The molecule has 0 radical (unpaired) electrons. The number of rotatable bonds is 3. The lowest BCUT2D eigenvalue weighted by atomic mass is 9.92. The largest absolute Gasteiger partial charge is 0.463 e. The minimum atomic E-state index is -0.241. The van der Waals surface area contributed by atoms with Gasteiger partial charge in [-0.3, -0.25) is 0 Å². The molecule has 3 heteroatoms. The van der Waals surface area contributed by atoms with Crippen molar-refractivity contribution in [3.8, 4) is 0 Å². The van der Waals surface area contributed by atoms with Crippen LogP contribution in [0.15, 0.2) is 23.3 Å². The van der Waals surface area contributed by atoms with Gasteiger partial charge in [0.1, 0.15) is 0 Å². The van der Waals surface area contributed by atoms with Crippen LogP contribution in [0.5, 0.6) is 0 Å². The van der Waals surface area contributed by atoms with Crippen LogP contribution in [0.3, 0.4) is 0 Å². The van der Waals surface area contributed by atoms with Gasteiger partial charge in [-0.2, -0.15) is 0 Å². The van der Waals surface area contributed by atoms with Crippen LogP contribution in [0.25, 0.3) is 0 Å². The molecular formula is C11H17NO2. The molecule has 0 bridgehead atoms. The first-order valence-corrected chi connectivity index (χ1v) is 5.01. The lowest BCUT2D eigenvalue weighted by molar-refractivity contribution is -0.138. The van der Waals surface area contributed by atoms with Gasteiger partial charge in [-0.25, -0.2) is 4.79 Å². The third kappa shape index (κ3) is 2.45. The van der Waals surface area contributed by atoms with Gasteiger partial charge in [0.2, 0.25) is 0 Å². The van der Waals surface area contributed by atoms with E-state index in [1.807, 2.05) is 12.2 Å². The SMILES string of the molecule is CCOC(=O)C1=CC=C(CC)C(N)C1. The Bertz CT molecular complexity index is 279. The zero-order chi connectivity index (χ0) is 10.6. The highest BCUT2D eigenvalue weighted by atomic mass is 16.5. The molecule has 1 unspecified atom stereocenters. The molecule has 2 N–H and O–H groups in total. The van der Waals surface area contributed by atoms with Crippen LogP contribution >= 0.6 is 0 Å². The van der Waals surface area contributed by atoms with Crippen LogP contribution < -0.4 is 5.73 Å². The third-order valence-corrected chi connectivity index (χ3v) is 2.36. The first-order chi connectivity index (χ1) is 6.69. The fraction of sp³-hybridized carbons (Fsp3) is 0.545. The molecule has 1 aliphatic carbocycles. The minimum Gasteiger partial charge on any atom is -0.463 e. The maximum Gasteiger partial charge on any atom is 0.334 e. The van der Waals surface area contributed by atoms with Crippen molar-refractivity contribution in [1.82, 2.24) is 0 Å². The molecule has 0 amide bonds. The van der Waals surface area contributed by atoms with Crippen molar-refractivity contribution in [2.24, 2.45) is 5.73 Å². The van der Waals surface area contributed by atoms with Gasteiger partial charge in [0.15, 0.2) is 0 Å². The second-order valence-corrected chi connectivity index (χ2v) is 3.32. The molecule has 0 aromatic carbocycles. The Balaban J connectivity index is 2.70. The van der Waals surface area contributed by atoms with E-state index in [1.54, 1.807) is 6.92 Å². The molecule has 1 rings (SSSR count). The van der Waals surface area contributed by atoms with Crippen molar-refractivity contribution in [2.45, 2.75) is 32.7 Å². The fourth-order valence-electron chi connectivity index (χ4n) is 1.52. The summed E-state index contributed by atoms with van der Waals surface area (Å²) >= 11 is 0. The van der Waals surface area contributed by atoms with Crippen LogP contribution in [-0.4, -0.2) is 18.6 Å². The molecule has 0 spiro atoms. The van der Waals surface area contributed by atoms with Crippen LogP contribution in [0.2, 0.25) is 0 Å². The van der Waals surface area contributed by atoms with Gasteiger partial charge >= 0.3 is 5.97 Å². The molecule has 0 aromatic heterocycles. The normalized spacial score (nSPS) is 21.2. The van der Waals surface area contributed by atoms with E-state index in [0.717, 1.165) is 6.42 Å².